The Morgan fingerprint density at radius 2 is 2.15 bits per heavy atom. The fraction of sp³-hybridized carbons (Fsp3) is 0.500. The Balaban J connectivity index is 2.98. The van der Waals surface area contributed by atoms with Gasteiger partial charge in [0.25, 0.3) is 0 Å². The van der Waals surface area contributed by atoms with Gasteiger partial charge in [-0.25, -0.2) is 4.79 Å². The molecule has 1 aromatic rings. The molecular weight excluding hydrogens is 260 g/mol. The van der Waals surface area contributed by atoms with Crippen molar-refractivity contribution in [3.05, 3.63) is 23.8 Å². The molecule has 0 heterocycles. The summed E-state index contributed by atoms with van der Waals surface area (Å²) in [5.74, 6) is -0.442. The van der Waals surface area contributed by atoms with Crippen LogP contribution < -0.4 is 10.6 Å². The third-order valence-corrected chi connectivity index (χ3v) is 2.83. The van der Waals surface area contributed by atoms with Crippen molar-refractivity contribution < 1.29 is 19.4 Å². The number of benzene rings is 1. The summed E-state index contributed by atoms with van der Waals surface area (Å²) >= 11 is 0. The van der Waals surface area contributed by atoms with E-state index in [0.29, 0.717) is 37.6 Å². The van der Waals surface area contributed by atoms with E-state index in [1.54, 1.807) is 26.2 Å². The Bertz CT molecular complexity index is 437. The number of anilines is 2. The van der Waals surface area contributed by atoms with Crippen LogP contribution in [0, 0.1) is 0 Å². The van der Waals surface area contributed by atoms with Gasteiger partial charge in [-0.05, 0) is 25.1 Å². The van der Waals surface area contributed by atoms with E-state index in [0.717, 1.165) is 5.69 Å². The van der Waals surface area contributed by atoms with Gasteiger partial charge in [0, 0.05) is 31.6 Å². The number of nitrogens with two attached hydrogens (primary N) is 1. The summed E-state index contributed by atoms with van der Waals surface area (Å²) in [7, 11) is 1.62. The van der Waals surface area contributed by atoms with Crippen LogP contribution in [0.25, 0.3) is 0 Å². The lowest BCUT2D eigenvalue weighted by Crippen LogP contribution is -2.30. The number of carbonyl (C=O) groups excluding carboxylic acids is 1. The summed E-state index contributed by atoms with van der Waals surface area (Å²) < 4.78 is 10.0. The monoisotopic (exact) mass is 282 g/mol. The normalized spacial score (nSPS) is 10.3. The molecule has 1 rings (SSSR count). The van der Waals surface area contributed by atoms with Crippen LogP contribution >= 0.6 is 0 Å². The average Bonchev–Trinajstić information content (AvgIpc) is 2.44. The van der Waals surface area contributed by atoms with E-state index < -0.39 is 5.97 Å². The first-order valence-corrected chi connectivity index (χ1v) is 6.55. The van der Waals surface area contributed by atoms with Gasteiger partial charge in [0.1, 0.15) is 0 Å². The summed E-state index contributed by atoms with van der Waals surface area (Å²) in [4.78, 5) is 13.7. The maximum Gasteiger partial charge on any atom is 0.340 e. The number of aliphatic hydroxyl groups is 1. The van der Waals surface area contributed by atoms with E-state index in [1.165, 1.54) is 0 Å². The van der Waals surface area contributed by atoms with Crippen LogP contribution in [0.4, 0.5) is 11.4 Å². The number of nitrogens with zero attached hydrogens (tertiary/aromatic N) is 1. The summed E-state index contributed by atoms with van der Waals surface area (Å²) in [5.41, 5.74) is 7.32. The SMILES string of the molecule is CCOC(=O)c1cc(N(CCO)CCOC)ccc1N. The Morgan fingerprint density at radius 3 is 2.75 bits per heavy atom. The van der Waals surface area contributed by atoms with Gasteiger partial charge in [-0.15, -0.1) is 0 Å². The Morgan fingerprint density at radius 1 is 1.40 bits per heavy atom. The molecule has 1 aromatic carbocycles. The Labute approximate surface area is 119 Å². The maximum atomic E-state index is 11.8. The topological polar surface area (TPSA) is 85.0 Å². The zero-order chi connectivity index (χ0) is 15.0. The highest BCUT2D eigenvalue weighted by molar-refractivity contribution is 5.96. The molecule has 0 aliphatic carbocycles. The van der Waals surface area contributed by atoms with Crippen molar-refractivity contribution in [2.45, 2.75) is 6.92 Å². The number of carbonyl (C=O) groups is 1. The van der Waals surface area contributed by atoms with E-state index in [9.17, 15) is 4.79 Å². The Kier molecular flexibility index (Phi) is 6.83. The van der Waals surface area contributed by atoms with Crippen molar-refractivity contribution in [1.82, 2.24) is 0 Å². The molecule has 0 aliphatic heterocycles. The summed E-state index contributed by atoms with van der Waals surface area (Å²) in [5, 5.41) is 9.12. The lowest BCUT2D eigenvalue weighted by atomic mass is 10.1. The zero-order valence-corrected chi connectivity index (χ0v) is 12.0. The highest BCUT2D eigenvalue weighted by Gasteiger charge is 2.14. The number of aliphatic hydroxyl groups excluding tert-OH is 1. The number of rotatable bonds is 8. The molecule has 0 saturated carbocycles. The van der Waals surface area contributed by atoms with Crippen molar-refractivity contribution in [2.24, 2.45) is 0 Å². The third kappa shape index (κ3) is 4.40. The molecule has 0 aromatic heterocycles. The van der Waals surface area contributed by atoms with Crippen LogP contribution in [0.3, 0.4) is 0 Å². The average molecular weight is 282 g/mol. The fourth-order valence-corrected chi connectivity index (χ4v) is 1.82. The second-order valence-corrected chi connectivity index (χ2v) is 4.20. The fourth-order valence-electron chi connectivity index (χ4n) is 1.82. The Hall–Kier alpha value is -1.79. The molecule has 112 valence electrons. The van der Waals surface area contributed by atoms with Gasteiger partial charge in [0.2, 0.25) is 0 Å². The van der Waals surface area contributed by atoms with Gasteiger partial charge in [-0.1, -0.05) is 0 Å². The van der Waals surface area contributed by atoms with Gasteiger partial charge >= 0.3 is 5.97 Å². The molecule has 0 radical (unpaired) electrons. The molecule has 0 aliphatic rings. The van der Waals surface area contributed by atoms with Gasteiger partial charge in [-0.2, -0.15) is 0 Å². The predicted octanol–water partition coefficient (Wildman–Crippen LogP) is 0.891. The van der Waals surface area contributed by atoms with Crippen molar-refractivity contribution in [3.63, 3.8) is 0 Å². The number of methoxy groups -OCH3 is 1. The third-order valence-electron chi connectivity index (χ3n) is 2.83. The minimum Gasteiger partial charge on any atom is -0.462 e. The van der Waals surface area contributed by atoms with Gasteiger partial charge in [-0.3, -0.25) is 0 Å². The molecule has 0 atom stereocenters. The van der Waals surface area contributed by atoms with E-state index in [-0.39, 0.29) is 6.61 Å². The molecular formula is C14H22N2O4. The second-order valence-electron chi connectivity index (χ2n) is 4.20. The molecule has 6 nitrogen and oxygen atoms in total. The smallest absolute Gasteiger partial charge is 0.340 e. The summed E-state index contributed by atoms with van der Waals surface area (Å²) in [6.07, 6.45) is 0. The van der Waals surface area contributed by atoms with Crippen LogP contribution in [-0.2, 0) is 9.47 Å². The van der Waals surface area contributed by atoms with Gasteiger partial charge in [0.05, 0.1) is 25.4 Å². The number of ether oxygens (including phenoxy) is 2. The second kappa shape index (κ2) is 8.39. The van der Waals surface area contributed by atoms with Crippen molar-refractivity contribution in [1.29, 1.82) is 0 Å². The number of hydrogen-bond donors (Lipinski definition) is 2. The van der Waals surface area contributed by atoms with Crippen LogP contribution in [0.1, 0.15) is 17.3 Å². The first-order valence-electron chi connectivity index (χ1n) is 6.55. The predicted molar refractivity (Wildman–Crippen MR) is 78.0 cm³/mol. The standard InChI is InChI=1S/C14H22N2O4/c1-3-20-14(18)12-10-11(4-5-13(12)15)16(6-8-17)7-9-19-2/h4-5,10,17H,3,6-9,15H2,1-2H3. The molecule has 0 saturated heterocycles. The van der Waals surface area contributed by atoms with E-state index in [1.807, 2.05) is 11.0 Å². The lowest BCUT2D eigenvalue weighted by Gasteiger charge is -2.24. The van der Waals surface area contributed by atoms with E-state index >= 15 is 0 Å². The summed E-state index contributed by atoms with van der Waals surface area (Å²) in [6.45, 7) is 3.65. The van der Waals surface area contributed by atoms with Gasteiger partial charge in [0.15, 0.2) is 0 Å². The molecule has 20 heavy (non-hydrogen) atoms. The number of esters is 1. The largest absolute Gasteiger partial charge is 0.462 e. The molecule has 0 fully saturated rings. The minimum absolute atomic E-state index is 0.0167. The molecule has 3 N–H and O–H groups in total. The molecule has 0 bridgehead atoms. The van der Waals surface area contributed by atoms with Crippen molar-refractivity contribution in [3.8, 4) is 0 Å². The van der Waals surface area contributed by atoms with Crippen LogP contribution in [0.2, 0.25) is 0 Å². The van der Waals surface area contributed by atoms with Crippen LogP contribution in [0.5, 0.6) is 0 Å². The molecule has 0 unspecified atom stereocenters. The lowest BCUT2D eigenvalue weighted by molar-refractivity contribution is 0.0527. The quantitative estimate of drug-likeness (QED) is 0.544. The highest BCUT2D eigenvalue weighted by Crippen LogP contribution is 2.22. The van der Waals surface area contributed by atoms with E-state index in [2.05, 4.69) is 0 Å². The number of hydrogen-bond acceptors (Lipinski definition) is 6. The minimum atomic E-state index is -0.442. The van der Waals surface area contributed by atoms with E-state index in [4.69, 9.17) is 20.3 Å². The first-order chi connectivity index (χ1) is 9.63. The highest BCUT2D eigenvalue weighted by atomic mass is 16.5. The molecule has 0 spiro atoms. The maximum absolute atomic E-state index is 11.8. The summed E-state index contributed by atoms with van der Waals surface area (Å²) in [6, 6.07) is 5.15. The first kappa shape index (κ1) is 16.3. The molecule has 0 amide bonds. The van der Waals surface area contributed by atoms with Crippen LogP contribution in [0.15, 0.2) is 18.2 Å². The van der Waals surface area contributed by atoms with Crippen molar-refractivity contribution in [2.75, 3.05) is 50.7 Å². The van der Waals surface area contributed by atoms with Crippen LogP contribution in [-0.4, -0.2) is 51.1 Å². The van der Waals surface area contributed by atoms with Gasteiger partial charge < -0.3 is 25.2 Å². The molecule has 6 heteroatoms. The number of nitrogen functional groups attached to an aromatic ring is 1. The van der Waals surface area contributed by atoms with Crippen molar-refractivity contribution >= 4 is 17.3 Å². The zero-order valence-electron chi connectivity index (χ0n) is 12.0.